The van der Waals surface area contributed by atoms with Gasteiger partial charge in [-0.15, -0.1) is 0 Å². The maximum atomic E-state index is 13.5. The van der Waals surface area contributed by atoms with E-state index in [0.717, 1.165) is 12.5 Å². The molecule has 16 nitrogen and oxygen atoms in total. The van der Waals surface area contributed by atoms with Crippen LogP contribution in [0.5, 0.6) is 5.75 Å². The van der Waals surface area contributed by atoms with Crippen molar-refractivity contribution in [2.45, 2.75) is 25.3 Å². The number of imide groups is 1. The Kier molecular flexibility index (Phi) is 8.67. The minimum atomic E-state index is -3.63. The van der Waals surface area contributed by atoms with Crippen LogP contribution in [-0.4, -0.2) is 102 Å². The molecule has 2 aliphatic rings. The number of nitrogens with one attached hydrogen (secondary N) is 3. The maximum absolute atomic E-state index is 13.5. The molecule has 2 aromatic rings. The second-order valence-corrected chi connectivity index (χ2v) is 11.2. The fourth-order valence-electron chi connectivity index (χ4n) is 4.48. The predicted molar refractivity (Wildman–Crippen MR) is 146 cm³/mol. The summed E-state index contributed by atoms with van der Waals surface area (Å²) in [6.45, 7) is 1.92. The molecule has 2 atom stereocenters. The number of hydrogen-bond donors (Lipinski definition) is 5. The van der Waals surface area contributed by atoms with Crippen molar-refractivity contribution in [2.75, 3.05) is 30.6 Å². The van der Waals surface area contributed by atoms with Gasteiger partial charge in [0.05, 0.1) is 35.3 Å². The zero-order valence-corrected chi connectivity index (χ0v) is 23.3. The van der Waals surface area contributed by atoms with Crippen molar-refractivity contribution in [1.82, 2.24) is 25.4 Å². The van der Waals surface area contributed by atoms with Gasteiger partial charge in [-0.25, -0.2) is 18.0 Å². The molecule has 42 heavy (non-hydrogen) atoms. The first kappa shape index (κ1) is 30.3. The summed E-state index contributed by atoms with van der Waals surface area (Å²) >= 11 is 0. The Hall–Kier alpha value is -4.71. The summed E-state index contributed by atoms with van der Waals surface area (Å²) in [7, 11) is -5.29. The van der Waals surface area contributed by atoms with Crippen molar-refractivity contribution in [3.8, 4) is 5.75 Å². The number of amides is 5. The minimum absolute atomic E-state index is 0.0271. The topological polar surface area (TPSA) is 225 Å². The highest BCUT2D eigenvalue weighted by atomic mass is 32.2. The Labute approximate surface area is 240 Å². The average molecular weight is 602 g/mol. The number of carbonyl (C=O) groups excluding carboxylic acids is 4. The van der Waals surface area contributed by atoms with Crippen LogP contribution in [0.4, 0.5) is 10.5 Å². The number of fused-ring (bicyclic) bond motifs is 1. The normalized spacial score (nSPS) is 17.6. The lowest BCUT2D eigenvalue weighted by Crippen LogP contribution is -2.60. The molecule has 1 fully saturated rings. The largest absolute Gasteiger partial charge is 0.547 e. The molecule has 1 aromatic carbocycles. The van der Waals surface area contributed by atoms with Gasteiger partial charge in [0.2, 0.25) is 15.9 Å². The first-order chi connectivity index (χ1) is 19.8. The van der Waals surface area contributed by atoms with E-state index in [-0.39, 0.29) is 48.7 Å². The van der Waals surface area contributed by atoms with Crippen LogP contribution in [0, 0.1) is 0 Å². The monoisotopic (exact) mass is 602 g/mol. The van der Waals surface area contributed by atoms with Crippen molar-refractivity contribution >= 4 is 52.6 Å². The number of carboxylic acid groups (broad SMARTS) is 1. The van der Waals surface area contributed by atoms with Crippen molar-refractivity contribution < 1.29 is 47.2 Å². The van der Waals surface area contributed by atoms with Crippen LogP contribution < -0.4 is 20.0 Å². The van der Waals surface area contributed by atoms with Crippen molar-refractivity contribution in [3.05, 3.63) is 53.3 Å². The number of nitrogens with zero attached hydrogens (tertiary/aromatic N) is 3. The molecule has 3 heterocycles. The van der Waals surface area contributed by atoms with Gasteiger partial charge < -0.3 is 30.3 Å². The lowest BCUT2D eigenvalue weighted by molar-refractivity contribution is -0.153. The van der Waals surface area contributed by atoms with Gasteiger partial charge in [0, 0.05) is 19.6 Å². The zero-order valence-electron chi connectivity index (χ0n) is 22.4. The second-order valence-electron chi connectivity index (χ2n) is 9.50. The Balaban J connectivity index is 1.58. The predicted octanol–water partition coefficient (Wildman–Crippen LogP) is -1.27. The molecule has 0 saturated carbocycles. The number of hydrogen-bond acceptors (Lipinski definition) is 10. The number of urea groups is 1. The molecule has 222 valence electrons. The van der Waals surface area contributed by atoms with Gasteiger partial charge in [0.1, 0.15) is 5.75 Å². The molecule has 0 radical (unpaired) electrons. The minimum Gasteiger partial charge on any atom is -0.534 e. The number of benzene rings is 1. The Morgan fingerprint density at radius 1 is 1.17 bits per heavy atom. The molecule has 5 amide bonds. The fraction of sp³-hybridized carbons (Fsp3) is 0.333. The molecular weight excluding hydrogens is 575 g/mol. The van der Waals surface area contributed by atoms with E-state index >= 15 is 0 Å². The number of carboxylic acids is 1. The van der Waals surface area contributed by atoms with Crippen molar-refractivity contribution in [3.63, 3.8) is 0 Å². The molecule has 1 saturated heterocycles. The van der Waals surface area contributed by atoms with Crippen LogP contribution in [0.15, 0.2) is 36.5 Å². The van der Waals surface area contributed by atoms with E-state index in [1.807, 2.05) is 0 Å². The standard InChI is InChI=1S/C24H27BN6O10S/c1-3-30-9-10-31(22(34)21(30)33)24(37)28-18(16-8-7-14(12-26-16)29-42(2,39)40)20(32)27-17-11-13-5-4-6-15(23(35)36)19(13)41-25(17)38/h4-8,12,17-18,29,38H,3,9-11H2,1-2H3,(H,27,32)(H,28,37)(H,35,36)/t17-,18?/m0/s1. The molecule has 0 bridgehead atoms. The third-order valence-electron chi connectivity index (χ3n) is 6.53. The summed E-state index contributed by atoms with van der Waals surface area (Å²) in [5.74, 6) is -5.25. The van der Waals surface area contributed by atoms with E-state index in [9.17, 15) is 42.5 Å². The highest BCUT2D eigenvalue weighted by molar-refractivity contribution is 7.92. The van der Waals surface area contributed by atoms with Crippen molar-refractivity contribution in [2.24, 2.45) is 0 Å². The van der Waals surface area contributed by atoms with Gasteiger partial charge in [-0.3, -0.25) is 29.0 Å². The number of para-hydroxylation sites is 1. The molecule has 5 N–H and O–H groups in total. The van der Waals surface area contributed by atoms with Gasteiger partial charge in [0.25, 0.3) is 0 Å². The maximum Gasteiger partial charge on any atom is 0.547 e. The van der Waals surface area contributed by atoms with Gasteiger partial charge >= 0.3 is 30.9 Å². The summed E-state index contributed by atoms with van der Waals surface area (Å²) in [5.41, 5.74) is 0.241. The summed E-state index contributed by atoms with van der Waals surface area (Å²) in [4.78, 5) is 69.0. The van der Waals surface area contributed by atoms with Crippen molar-refractivity contribution in [1.29, 1.82) is 0 Å². The SMILES string of the molecule is CCN1CCN(C(=O)NC(C(=O)N[C@H]2Cc3cccc(C(=O)O)c3OB2O)c2ccc(NS(C)(=O)=O)cn2)C(=O)C1=O. The van der Waals surface area contributed by atoms with Crippen LogP contribution in [0.3, 0.4) is 0 Å². The molecular formula is C24H27BN6O10S. The van der Waals surface area contributed by atoms with E-state index in [2.05, 4.69) is 20.3 Å². The number of piperazine rings is 1. The van der Waals surface area contributed by atoms with E-state index in [1.165, 1.54) is 29.2 Å². The smallest absolute Gasteiger partial charge is 0.534 e. The quantitative estimate of drug-likeness (QED) is 0.177. The number of anilines is 1. The number of likely N-dealkylation sites (N-methyl/N-ethyl adjacent to an activating group) is 1. The Bertz CT molecular complexity index is 1540. The van der Waals surface area contributed by atoms with E-state index in [0.29, 0.717) is 10.5 Å². The molecule has 0 spiro atoms. The van der Waals surface area contributed by atoms with Crippen LogP contribution in [0.25, 0.3) is 0 Å². The van der Waals surface area contributed by atoms with Gasteiger partial charge in [-0.2, -0.15) is 0 Å². The van der Waals surface area contributed by atoms with Crippen LogP contribution in [-0.2, 0) is 30.8 Å². The average Bonchev–Trinajstić information content (AvgIpc) is 2.92. The third kappa shape index (κ3) is 6.60. The Morgan fingerprint density at radius 2 is 1.90 bits per heavy atom. The first-order valence-corrected chi connectivity index (χ1v) is 14.5. The number of rotatable bonds is 8. The third-order valence-corrected chi connectivity index (χ3v) is 7.13. The van der Waals surface area contributed by atoms with Crippen LogP contribution >= 0.6 is 0 Å². The van der Waals surface area contributed by atoms with E-state index in [4.69, 9.17) is 4.65 Å². The molecule has 4 rings (SSSR count). The lowest BCUT2D eigenvalue weighted by Gasteiger charge is -2.33. The van der Waals surface area contributed by atoms with Gasteiger partial charge in [0.15, 0.2) is 6.04 Å². The number of aromatic carboxylic acids is 1. The zero-order chi connectivity index (χ0) is 30.8. The summed E-state index contributed by atoms with van der Waals surface area (Å²) < 4.78 is 30.7. The summed E-state index contributed by atoms with van der Waals surface area (Å²) in [5, 5.41) is 24.9. The first-order valence-electron chi connectivity index (χ1n) is 12.6. The Morgan fingerprint density at radius 3 is 2.52 bits per heavy atom. The summed E-state index contributed by atoms with van der Waals surface area (Å²) in [6, 6.07) is 4.29. The lowest BCUT2D eigenvalue weighted by atomic mass is 9.72. The van der Waals surface area contributed by atoms with Crippen LogP contribution in [0.2, 0.25) is 0 Å². The second kappa shape index (κ2) is 12.0. The summed E-state index contributed by atoms with van der Waals surface area (Å²) in [6.07, 6.45) is 2.02. The molecule has 2 aliphatic heterocycles. The molecule has 1 unspecified atom stereocenters. The van der Waals surface area contributed by atoms with E-state index in [1.54, 1.807) is 13.0 Å². The van der Waals surface area contributed by atoms with Gasteiger partial charge in [-0.1, -0.05) is 12.1 Å². The molecule has 1 aromatic heterocycles. The van der Waals surface area contributed by atoms with Gasteiger partial charge in [-0.05, 0) is 37.1 Å². The highest BCUT2D eigenvalue weighted by Crippen LogP contribution is 2.30. The fourth-order valence-corrected chi connectivity index (χ4v) is 5.03. The number of pyridine rings is 1. The number of carbonyl (C=O) groups is 5. The van der Waals surface area contributed by atoms with Crippen LogP contribution in [0.1, 0.15) is 34.6 Å². The molecule has 18 heteroatoms. The molecule has 0 aliphatic carbocycles. The number of aromatic nitrogens is 1. The highest BCUT2D eigenvalue weighted by Gasteiger charge is 2.41. The van der Waals surface area contributed by atoms with E-state index < -0.39 is 58.8 Å². The number of sulfonamides is 1.